The van der Waals surface area contributed by atoms with Crippen LogP contribution in [0.3, 0.4) is 0 Å². The van der Waals surface area contributed by atoms with Crippen LogP contribution in [-0.4, -0.2) is 88.0 Å². The van der Waals surface area contributed by atoms with Crippen LogP contribution in [0.1, 0.15) is 41.5 Å². The maximum absolute atomic E-state index is 15.6. The van der Waals surface area contributed by atoms with Crippen LogP contribution in [0.4, 0.5) is 10.1 Å². The number of hydrogen-bond donors (Lipinski definition) is 0. The Hall–Kier alpha value is -4.01. The Kier molecular flexibility index (Phi) is 8.90. The van der Waals surface area contributed by atoms with Crippen molar-refractivity contribution in [3.63, 3.8) is 0 Å². The van der Waals surface area contributed by atoms with Crippen molar-refractivity contribution in [3.8, 4) is 11.5 Å². The molecule has 0 spiro atoms. The highest BCUT2D eigenvalue weighted by Crippen LogP contribution is 2.57. The van der Waals surface area contributed by atoms with Gasteiger partial charge >= 0.3 is 0 Å². The van der Waals surface area contributed by atoms with Crippen LogP contribution in [0, 0.1) is 5.82 Å². The number of likely N-dealkylation sites (tertiary alicyclic amines) is 1. The number of carbonyl (C=O) groups is 1. The Labute approximate surface area is 289 Å². The van der Waals surface area contributed by atoms with Crippen molar-refractivity contribution in [1.82, 2.24) is 19.7 Å². The smallest absolute Gasteiger partial charge is 0.271 e. The third-order valence-corrected chi connectivity index (χ3v) is 11.7. The Morgan fingerprint density at radius 2 is 1.73 bits per heavy atom. The molecule has 0 saturated carbocycles. The molecule has 4 heterocycles. The number of anilines is 1. The number of carbonyl (C=O) groups excluding carboxylic acids is 1. The summed E-state index contributed by atoms with van der Waals surface area (Å²) in [5, 5.41) is 0.310. The van der Waals surface area contributed by atoms with Crippen molar-refractivity contribution in [1.29, 1.82) is 0 Å². The van der Waals surface area contributed by atoms with Crippen molar-refractivity contribution < 1.29 is 31.5 Å². The first-order valence-corrected chi connectivity index (χ1v) is 17.9. The number of sulfonamides is 1. The zero-order valence-electron chi connectivity index (χ0n) is 27.4. The number of fused-ring (bicyclic) bond motifs is 1. The van der Waals surface area contributed by atoms with E-state index in [1.165, 1.54) is 44.7 Å². The molecule has 7 rings (SSSR count). The highest BCUT2D eigenvalue weighted by Gasteiger charge is 2.63. The molecule has 0 bridgehead atoms. The Bertz CT molecular complexity index is 1990. The van der Waals surface area contributed by atoms with E-state index >= 15 is 4.79 Å². The first-order chi connectivity index (χ1) is 23.6. The van der Waals surface area contributed by atoms with Gasteiger partial charge < -0.3 is 18.8 Å². The zero-order valence-corrected chi connectivity index (χ0v) is 29.0. The first kappa shape index (κ1) is 33.5. The number of aromatic nitrogens is 1. The van der Waals surface area contributed by atoms with Crippen LogP contribution in [0.5, 0.6) is 11.5 Å². The van der Waals surface area contributed by atoms with Crippen molar-refractivity contribution in [2.75, 3.05) is 58.3 Å². The van der Waals surface area contributed by atoms with Crippen LogP contribution in [0.15, 0.2) is 76.4 Å². The number of ether oxygens (including phenoxy) is 2. The largest absolute Gasteiger partial charge is 0.496 e. The van der Waals surface area contributed by atoms with Gasteiger partial charge in [0.05, 0.1) is 37.0 Å². The SMILES string of the molecule is COc1ccc(S(=O)(=O)N2C(=O)C(c3cc(CN4CCN(C)CC4)ccc3OC)(N3CCC[C@H]3c3ncco3)c3cc(Cl)ccc32)cc1F. The molecular weight excluding hydrogens is 673 g/mol. The lowest BCUT2D eigenvalue weighted by Gasteiger charge is -2.41. The molecule has 14 heteroatoms. The second kappa shape index (κ2) is 13.0. The molecular formula is C35H37ClFN5O6S. The van der Waals surface area contributed by atoms with Crippen molar-refractivity contribution >= 4 is 33.2 Å². The molecule has 0 radical (unpaired) electrons. The normalized spacial score (nSPS) is 22.1. The van der Waals surface area contributed by atoms with E-state index in [1.54, 1.807) is 12.3 Å². The summed E-state index contributed by atoms with van der Waals surface area (Å²) in [7, 11) is 0.236. The van der Waals surface area contributed by atoms with E-state index in [4.69, 9.17) is 25.5 Å². The third kappa shape index (κ3) is 5.57. The summed E-state index contributed by atoms with van der Waals surface area (Å²) in [5.74, 6) is -0.969. The van der Waals surface area contributed by atoms with Crippen molar-refractivity contribution in [2.24, 2.45) is 0 Å². The average Bonchev–Trinajstić information content (AvgIpc) is 3.85. The van der Waals surface area contributed by atoms with Gasteiger partial charge in [-0.15, -0.1) is 0 Å². The van der Waals surface area contributed by atoms with E-state index in [-0.39, 0.29) is 11.4 Å². The molecule has 2 fully saturated rings. The van der Waals surface area contributed by atoms with E-state index in [9.17, 15) is 12.8 Å². The molecule has 1 aromatic heterocycles. The molecule has 4 aromatic rings. The maximum atomic E-state index is 15.6. The van der Waals surface area contributed by atoms with Gasteiger partial charge in [-0.05, 0) is 74.0 Å². The molecule has 3 aliphatic rings. The lowest BCUT2D eigenvalue weighted by Crippen LogP contribution is -2.54. The van der Waals surface area contributed by atoms with Gasteiger partial charge in [-0.3, -0.25) is 14.6 Å². The van der Waals surface area contributed by atoms with Crippen LogP contribution in [0.25, 0.3) is 0 Å². The van der Waals surface area contributed by atoms with Gasteiger partial charge in [0.1, 0.15) is 12.0 Å². The van der Waals surface area contributed by atoms with Gasteiger partial charge in [-0.25, -0.2) is 22.1 Å². The molecule has 1 amide bonds. The van der Waals surface area contributed by atoms with Crippen LogP contribution in [0.2, 0.25) is 5.02 Å². The van der Waals surface area contributed by atoms with Crippen LogP contribution >= 0.6 is 11.6 Å². The summed E-state index contributed by atoms with van der Waals surface area (Å²) in [4.78, 5) is 26.2. The lowest BCUT2D eigenvalue weighted by atomic mass is 9.80. The molecule has 3 aliphatic heterocycles. The standard InChI is InChI=1S/C35H37ClFN5O6S/c1-39-14-16-40(17-15-39)22-23-6-10-31(46-2)27(19-23)35(41-13-4-5-30(41)33-38-12-18-48-33)26-20-24(36)7-9-29(26)42(34(35)43)49(44,45)25-8-11-32(47-3)28(37)21-25/h6-12,18-21,30H,4-5,13-17,22H2,1-3H3/t30-,35?/m0/s1. The molecule has 49 heavy (non-hydrogen) atoms. The predicted molar refractivity (Wildman–Crippen MR) is 181 cm³/mol. The van der Waals surface area contributed by atoms with Crippen LogP contribution < -0.4 is 13.8 Å². The Balaban J connectivity index is 1.47. The number of rotatable bonds is 9. The number of benzene rings is 3. The number of hydrogen-bond acceptors (Lipinski definition) is 10. The summed E-state index contributed by atoms with van der Waals surface area (Å²) in [6.07, 6.45) is 4.31. The topological polar surface area (TPSA) is 109 Å². The fourth-order valence-electron chi connectivity index (χ4n) is 7.42. The molecule has 2 atom stereocenters. The highest BCUT2D eigenvalue weighted by molar-refractivity contribution is 7.93. The number of oxazole rings is 1. The molecule has 0 aliphatic carbocycles. The van der Waals surface area contributed by atoms with Gasteiger partial charge in [0.2, 0.25) is 5.89 Å². The zero-order chi connectivity index (χ0) is 34.5. The maximum Gasteiger partial charge on any atom is 0.271 e. The van der Waals surface area contributed by atoms with Gasteiger partial charge in [-0.1, -0.05) is 17.7 Å². The fourth-order valence-corrected chi connectivity index (χ4v) is 9.06. The molecule has 0 N–H and O–H groups in total. The van der Waals surface area contributed by atoms with Gasteiger partial charge in [0, 0.05) is 55.4 Å². The summed E-state index contributed by atoms with van der Waals surface area (Å²) in [6.45, 7) is 4.64. The van der Waals surface area contributed by atoms with Crippen molar-refractivity contribution in [2.45, 2.75) is 35.9 Å². The number of halogens is 2. The molecule has 2 saturated heterocycles. The Morgan fingerprint density at radius 3 is 2.43 bits per heavy atom. The summed E-state index contributed by atoms with van der Waals surface area (Å²) < 4.78 is 61.7. The van der Waals surface area contributed by atoms with E-state index < -0.39 is 38.2 Å². The molecule has 258 valence electrons. The second-order valence-corrected chi connectivity index (χ2v) is 14.8. The summed E-state index contributed by atoms with van der Waals surface area (Å²) in [5.41, 5.74) is 0.109. The minimum Gasteiger partial charge on any atom is -0.496 e. The van der Waals surface area contributed by atoms with Gasteiger partial charge in [0.15, 0.2) is 17.1 Å². The average molecular weight is 710 g/mol. The monoisotopic (exact) mass is 709 g/mol. The molecule has 1 unspecified atom stereocenters. The first-order valence-electron chi connectivity index (χ1n) is 16.1. The summed E-state index contributed by atoms with van der Waals surface area (Å²) >= 11 is 6.67. The lowest BCUT2D eigenvalue weighted by molar-refractivity contribution is -0.127. The third-order valence-electron chi connectivity index (χ3n) is 9.80. The van der Waals surface area contributed by atoms with E-state index in [0.29, 0.717) is 53.7 Å². The molecule has 11 nitrogen and oxygen atoms in total. The van der Waals surface area contributed by atoms with Gasteiger partial charge in [-0.2, -0.15) is 0 Å². The minimum atomic E-state index is -4.67. The highest BCUT2D eigenvalue weighted by atomic mass is 35.5. The predicted octanol–water partition coefficient (Wildman–Crippen LogP) is 5.05. The van der Waals surface area contributed by atoms with E-state index in [2.05, 4.69) is 21.8 Å². The summed E-state index contributed by atoms with van der Waals surface area (Å²) in [6, 6.07) is 13.2. The fraction of sp³-hybridized carbons (Fsp3) is 0.371. The number of piperazine rings is 1. The minimum absolute atomic E-state index is 0.107. The van der Waals surface area contributed by atoms with Crippen LogP contribution in [-0.2, 0) is 26.9 Å². The second-order valence-electron chi connectivity index (χ2n) is 12.6. The quantitative estimate of drug-likeness (QED) is 0.234. The van der Waals surface area contributed by atoms with Crippen molar-refractivity contribution in [3.05, 3.63) is 100 Å². The van der Waals surface area contributed by atoms with E-state index in [0.717, 1.165) is 42.1 Å². The number of nitrogens with zero attached hydrogens (tertiary/aromatic N) is 5. The number of amides is 1. The van der Waals surface area contributed by atoms with E-state index in [1.807, 2.05) is 23.1 Å². The number of likely N-dealkylation sites (N-methyl/N-ethyl adjacent to an activating group) is 1. The van der Waals surface area contributed by atoms with Gasteiger partial charge in [0.25, 0.3) is 15.9 Å². The Morgan fingerprint density at radius 1 is 0.980 bits per heavy atom. The number of methoxy groups -OCH3 is 2. The molecule has 3 aromatic carbocycles.